The number of carbonyl (C=O) groups is 2. The summed E-state index contributed by atoms with van der Waals surface area (Å²) in [6, 6.07) is 12.7. The minimum atomic E-state index is -0.370. The summed E-state index contributed by atoms with van der Waals surface area (Å²) < 4.78 is 0. The Bertz CT molecular complexity index is 823. The van der Waals surface area contributed by atoms with Gasteiger partial charge in [0.15, 0.2) is 0 Å². The summed E-state index contributed by atoms with van der Waals surface area (Å²) in [6.07, 6.45) is 0.211. The zero-order chi connectivity index (χ0) is 18.0. The van der Waals surface area contributed by atoms with Crippen LogP contribution in [0.5, 0.6) is 0 Å². The van der Waals surface area contributed by atoms with Crippen LogP contribution in [0.25, 0.3) is 0 Å². The number of benzene rings is 2. The first-order valence-corrected chi connectivity index (χ1v) is 8.78. The van der Waals surface area contributed by atoms with Gasteiger partial charge in [0.2, 0.25) is 11.8 Å². The zero-order valence-electron chi connectivity index (χ0n) is 13.8. The molecule has 0 aromatic heterocycles. The third-order valence-corrected chi connectivity index (χ3v) is 4.95. The lowest BCUT2D eigenvalue weighted by atomic mass is 10.1. The molecular formula is C19H18Cl2N2O2. The zero-order valence-corrected chi connectivity index (χ0v) is 15.3. The van der Waals surface area contributed by atoms with Crippen molar-refractivity contribution >= 4 is 40.7 Å². The molecule has 1 N–H and O–H groups in total. The summed E-state index contributed by atoms with van der Waals surface area (Å²) in [6.45, 7) is 2.69. The van der Waals surface area contributed by atoms with Crippen molar-refractivity contribution in [2.75, 3.05) is 11.9 Å². The van der Waals surface area contributed by atoms with E-state index in [1.54, 1.807) is 29.2 Å². The molecule has 25 heavy (non-hydrogen) atoms. The standard InChI is InChI=1S/C19H18Cl2N2O2/c1-12-8-15(20)6-7-17(12)22-19(25)14-9-18(24)23(11-14)10-13-4-2-3-5-16(13)21/h2-8,14H,9-11H2,1H3,(H,22,25). The van der Waals surface area contributed by atoms with Crippen LogP contribution in [0, 0.1) is 12.8 Å². The summed E-state index contributed by atoms with van der Waals surface area (Å²) in [4.78, 5) is 26.4. The number of aryl methyl sites for hydroxylation is 1. The maximum absolute atomic E-state index is 12.5. The largest absolute Gasteiger partial charge is 0.337 e. The van der Waals surface area contributed by atoms with E-state index in [9.17, 15) is 9.59 Å². The fourth-order valence-electron chi connectivity index (χ4n) is 2.93. The molecule has 1 atom stereocenters. The lowest BCUT2D eigenvalue weighted by molar-refractivity contribution is -0.128. The van der Waals surface area contributed by atoms with Gasteiger partial charge in [-0.15, -0.1) is 0 Å². The number of rotatable bonds is 4. The van der Waals surface area contributed by atoms with Crippen LogP contribution in [0.3, 0.4) is 0 Å². The smallest absolute Gasteiger partial charge is 0.229 e. The van der Waals surface area contributed by atoms with Crippen molar-refractivity contribution in [3.05, 3.63) is 63.6 Å². The lowest BCUT2D eigenvalue weighted by Crippen LogP contribution is -2.28. The van der Waals surface area contributed by atoms with E-state index in [0.29, 0.717) is 28.8 Å². The molecule has 1 heterocycles. The average molecular weight is 377 g/mol. The summed E-state index contributed by atoms with van der Waals surface area (Å²) in [5.74, 6) is -0.557. The second-order valence-corrected chi connectivity index (χ2v) is 7.06. The van der Waals surface area contributed by atoms with Gasteiger partial charge in [0, 0.05) is 35.2 Å². The molecule has 0 saturated carbocycles. The predicted octanol–water partition coefficient (Wildman–Crippen LogP) is 4.29. The molecule has 0 aliphatic carbocycles. The highest BCUT2D eigenvalue weighted by Gasteiger charge is 2.34. The summed E-state index contributed by atoms with van der Waals surface area (Å²) in [5.41, 5.74) is 2.48. The molecule has 3 rings (SSSR count). The van der Waals surface area contributed by atoms with Crippen molar-refractivity contribution in [3.63, 3.8) is 0 Å². The summed E-state index contributed by atoms with van der Waals surface area (Å²) >= 11 is 12.1. The van der Waals surface area contributed by atoms with Gasteiger partial charge in [-0.05, 0) is 42.3 Å². The Hall–Kier alpha value is -2.04. The van der Waals surface area contributed by atoms with Crippen LogP contribution in [-0.4, -0.2) is 23.3 Å². The Labute approximate surface area is 156 Å². The molecule has 0 bridgehead atoms. The Morgan fingerprint density at radius 2 is 2.00 bits per heavy atom. The second kappa shape index (κ2) is 7.46. The molecule has 1 aliphatic heterocycles. The van der Waals surface area contributed by atoms with Gasteiger partial charge in [-0.3, -0.25) is 9.59 Å². The van der Waals surface area contributed by atoms with E-state index in [4.69, 9.17) is 23.2 Å². The number of hydrogen-bond acceptors (Lipinski definition) is 2. The van der Waals surface area contributed by atoms with Crippen LogP contribution >= 0.6 is 23.2 Å². The fraction of sp³-hybridized carbons (Fsp3) is 0.263. The predicted molar refractivity (Wildman–Crippen MR) is 99.8 cm³/mol. The maximum atomic E-state index is 12.5. The Kier molecular flexibility index (Phi) is 5.30. The van der Waals surface area contributed by atoms with Crippen molar-refractivity contribution in [2.45, 2.75) is 19.9 Å². The normalized spacial score (nSPS) is 17.0. The minimum Gasteiger partial charge on any atom is -0.337 e. The highest BCUT2D eigenvalue weighted by molar-refractivity contribution is 6.31. The quantitative estimate of drug-likeness (QED) is 0.864. The van der Waals surface area contributed by atoms with E-state index >= 15 is 0 Å². The molecule has 2 aromatic carbocycles. The van der Waals surface area contributed by atoms with Crippen LogP contribution in [-0.2, 0) is 16.1 Å². The van der Waals surface area contributed by atoms with Gasteiger partial charge in [0.1, 0.15) is 0 Å². The van der Waals surface area contributed by atoms with Gasteiger partial charge in [0.25, 0.3) is 0 Å². The summed E-state index contributed by atoms with van der Waals surface area (Å²) in [5, 5.41) is 4.14. The lowest BCUT2D eigenvalue weighted by Gasteiger charge is -2.17. The molecule has 1 aliphatic rings. The van der Waals surface area contributed by atoms with Gasteiger partial charge in [0.05, 0.1) is 5.92 Å². The van der Waals surface area contributed by atoms with E-state index in [-0.39, 0.29) is 24.2 Å². The second-order valence-electron chi connectivity index (χ2n) is 6.22. The highest BCUT2D eigenvalue weighted by atomic mass is 35.5. The number of nitrogens with zero attached hydrogens (tertiary/aromatic N) is 1. The van der Waals surface area contributed by atoms with Crippen molar-refractivity contribution in [3.8, 4) is 0 Å². The number of nitrogens with one attached hydrogen (secondary N) is 1. The van der Waals surface area contributed by atoms with Gasteiger partial charge < -0.3 is 10.2 Å². The van der Waals surface area contributed by atoms with Gasteiger partial charge in [-0.25, -0.2) is 0 Å². The molecular weight excluding hydrogens is 359 g/mol. The maximum Gasteiger partial charge on any atom is 0.229 e. The minimum absolute atomic E-state index is 0.0344. The average Bonchev–Trinajstić information content (AvgIpc) is 2.93. The molecule has 1 saturated heterocycles. The molecule has 1 unspecified atom stereocenters. The highest BCUT2D eigenvalue weighted by Crippen LogP contribution is 2.26. The van der Waals surface area contributed by atoms with Crippen LogP contribution < -0.4 is 5.32 Å². The number of anilines is 1. The molecule has 2 aromatic rings. The van der Waals surface area contributed by atoms with Crippen molar-refractivity contribution in [1.29, 1.82) is 0 Å². The number of hydrogen-bond donors (Lipinski definition) is 1. The number of likely N-dealkylation sites (tertiary alicyclic amines) is 1. The number of halogens is 2. The Morgan fingerprint density at radius 1 is 1.24 bits per heavy atom. The van der Waals surface area contributed by atoms with E-state index < -0.39 is 0 Å². The molecule has 4 nitrogen and oxygen atoms in total. The van der Waals surface area contributed by atoms with E-state index in [0.717, 1.165) is 11.1 Å². The van der Waals surface area contributed by atoms with Crippen molar-refractivity contribution < 1.29 is 9.59 Å². The van der Waals surface area contributed by atoms with Crippen LogP contribution in [0.15, 0.2) is 42.5 Å². The van der Waals surface area contributed by atoms with Gasteiger partial charge >= 0.3 is 0 Å². The monoisotopic (exact) mass is 376 g/mol. The van der Waals surface area contributed by atoms with Crippen LogP contribution in [0.1, 0.15) is 17.5 Å². The SMILES string of the molecule is Cc1cc(Cl)ccc1NC(=O)C1CC(=O)N(Cc2ccccc2Cl)C1. The van der Waals surface area contributed by atoms with Gasteiger partial charge in [-0.2, -0.15) is 0 Å². The summed E-state index contributed by atoms with van der Waals surface area (Å²) in [7, 11) is 0. The molecule has 0 radical (unpaired) electrons. The van der Waals surface area contributed by atoms with Gasteiger partial charge in [-0.1, -0.05) is 41.4 Å². The van der Waals surface area contributed by atoms with E-state index in [1.807, 2.05) is 25.1 Å². The van der Waals surface area contributed by atoms with Crippen molar-refractivity contribution in [1.82, 2.24) is 4.90 Å². The van der Waals surface area contributed by atoms with Crippen molar-refractivity contribution in [2.24, 2.45) is 5.92 Å². The Morgan fingerprint density at radius 3 is 2.72 bits per heavy atom. The molecule has 0 spiro atoms. The first-order chi connectivity index (χ1) is 11.9. The van der Waals surface area contributed by atoms with E-state index in [1.165, 1.54) is 0 Å². The third kappa shape index (κ3) is 4.14. The molecule has 6 heteroatoms. The van der Waals surface area contributed by atoms with E-state index in [2.05, 4.69) is 5.32 Å². The topological polar surface area (TPSA) is 49.4 Å². The first kappa shape index (κ1) is 17.8. The van der Waals surface area contributed by atoms with Crippen LogP contribution in [0.2, 0.25) is 10.0 Å². The molecule has 130 valence electrons. The first-order valence-electron chi connectivity index (χ1n) is 8.02. The number of carbonyl (C=O) groups excluding carboxylic acids is 2. The Balaban J connectivity index is 1.65. The molecule has 2 amide bonds. The fourth-order valence-corrected chi connectivity index (χ4v) is 3.36. The van der Waals surface area contributed by atoms with Crippen LogP contribution in [0.4, 0.5) is 5.69 Å². The number of amides is 2. The molecule has 1 fully saturated rings. The third-order valence-electron chi connectivity index (χ3n) is 4.35.